The van der Waals surface area contributed by atoms with E-state index in [1.54, 1.807) is 0 Å². The van der Waals surface area contributed by atoms with Gasteiger partial charge in [0, 0.05) is 38.9 Å². The summed E-state index contributed by atoms with van der Waals surface area (Å²) in [5.41, 5.74) is 14.3. The van der Waals surface area contributed by atoms with Crippen molar-refractivity contribution in [1.29, 1.82) is 0 Å². The molecule has 64 heavy (non-hydrogen) atoms. The van der Waals surface area contributed by atoms with Crippen LogP contribution < -0.4 is 14.5 Å². The lowest BCUT2D eigenvalue weighted by Gasteiger charge is -2.42. The van der Waals surface area contributed by atoms with Crippen LogP contribution in [0.15, 0.2) is 188 Å². The molecule has 7 aromatic carbocycles. The molecule has 4 aliphatic rings. The molecule has 0 fully saturated rings. The number of ether oxygens (including phenoxy) is 1. The Morgan fingerprint density at radius 3 is 1.39 bits per heavy atom. The number of para-hydroxylation sites is 6. The third kappa shape index (κ3) is 5.68. The molecule has 0 radical (unpaired) electrons. The van der Waals surface area contributed by atoms with Crippen molar-refractivity contribution < 1.29 is 4.74 Å². The summed E-state index contributed by atoms with van der Waals surface area (Å²) >= 11 is 0. The summed E-state index contributed by atoms with van der Waals surface area (Å²) in [6.07, 6.45) is 7.01. The van der Waals surface area contributed by atoms with Gasteiger partial charge >= 0.3 is 0 Å². The van der Waals surface area contributed by atoms with Gasteiger partial charge in [-0.25, -0.2) is 15.0 Å². The Morgan fingerprint density at radius 2 is 0.859 bits per heavy atom. The fourth-order valence-corrected chi connectivity index (χ4v) is 11.0. The monoisotopic (exact) mass is 829 g/mol. The number of hydrogen-bond acceptors (Lipinski definition) is 6. The van der Waals surface area contributed by atoms with Gasteiger partial charge in [-0.3, -0.25) is 0 Å². The third-order valence-corrected chi connectivity index (χ3v) is 14.3. The average molecular weight is 830 g/mol. The highest BCUT2D eigenvalue weighted by Gasteiger charge is 2.52. The molecule has 0 amide bonds. The Hall–Kier alpha value is -7.57. The summed E-state index contributed by atoms with van der Waals surface area (Å²) in [6.45, 7) is 11.7. The highest BCUT2D eigenvalue weighted by atomic mass is 16.5. The molecule has 0 saturated heterocycles. The van der Waals surface area contributed by atoms with Gasteiger partial charge in [-0.1, -0.05) is 138 Å². The zero-order chi connectivity index (χ0) is 43.4. The molecule has 6 heteroatoms. The summed E-state index contributed by atoms with van der Waals surface area (Å²) in [7, 11) is 0. The van der Waals surface area contributed by atoms with E-state index in [9.17, 15) is 0 Å². The second-order valence-corrected chi connectivity index (χ2v) is 18.8. The Bertz CT molecular complexity index is 3140. The van der Waals surface area contributed by atoms with Crippen molar-refractivity contribution in [3.05, 3.63) is 216 Å². The van der Waals surface area contributed by atoms with E-state index < -0.39 is 0 Å². The number of anilines is 6. The molecule has 2 unspecified atom stereocenters. The molecule has 8 aromatic rings. The summed E-state index contributed by atoms with van der Waals surface area (Å²) in [6, 6.07) is 60.0. The maximum absolute atomic E-state index is 6.31. The van der Waals surface area contributed by atoms with Crippen LogP contribution in [0.2, 0.25) is 0 Å². The minimum absolute atomic E-state index is 0.0800. The van der Waals surface area contributed by atoms with Crippen LogP contribution in [0.1, 0.15) is 62.7 Å². The number of nitrogens with zero attached hydrogens (tertiary/aromatic N) is 5. The number of rotatable bonds is 5. The van der Waals surface area contributed by atoms with Crippen molar-refractivity contribution in [3.8, 4) is 34.3 Å². The molecule has 3 heterocycles. The largest absolute Gasteiger partial charge is 0.453 e. The smallest absolute Gasteiger partial charge is 0.164 e. The Morgan fingerprint density at radius 1 is 0.438 bits per heavy atom. The van der Waals surface area contributed by atoms with E-state index in [0.717, 1.165) is 50.9 Å². The first kappa shape index (κ1) is 38.1. The van der Waals surface area contributed by atoms with Gasteiger partial charge in [-0.2, -0.15) is 0 Å². The van der Waals surface area contributed by atoms with Crippen LogP contribution in [0.4, 0.5) is 34.1 Å². The van der Waals surface area contributed by atoms with Gasteiger partial charge in [0.15, 0.2) is 29.0 Å². The van der Waals surface area contributed by atoms with Gasteiger partial charge < -0.3 is 14.5 Å². The van der Waals surface area contributed by atoms with E-state index in [-0.39, 0.29) is 22.2 Å². The Kier molecular flexibility index (Phi) is 8.32. The molecule has 0 saturated carbocycles. The standard InChI is InChI=1S/C58H47N5O/c1-56(2)44-18-8-10-20-46(44)62(47-21-11-9-19-45(47)56)40-30-26-37(27-31-40)53-59-54(61-55(60-53)39-34-35-58(5)43-17-7-6-16-42(43)57(3,4)52(58)36-39)38-28-32-41(33-29-38)63-48-22-12-14-24-50(48)64-51-25-15-13-23-49(51)63/h6-36,52H,1-5H3. The van der Waals surface area contributed by atoms with E-state index in [2.05, 4.69) is 196 Å². The molecule has 2 aliphatic carbocycles. The van der Waals surface area contributed by atoms with Gasteiger partial charge in [0.25, 0.3) is 0 Å². The van der Waals surface area contributed by atoms with Crippen LogP contribution >= 0.6 is 0 Å². The first-order valence-corrected chi connectivity index (χ1v) is 22.2. The lowest BCUT2D eigenvalue weighted by Crippen LogP contribution is -2.34. The number of aromatic nitrogens is 3. The minimum atomic E-state index is -0.133. The fraction of sp³-hybridized carbons (Fsp3) is 0.155. The van der Waals surface area contributed by atoms with E-state index in [1.165, 1.54) is 33.6 Å². The molecule has 6 nitrogen and oxygen atoms in total. The summed E-state index contributed by atoms with van der Waals surface area (Å²) in [4.78, 5) is 20.4. The average Bonchev–Trinajstić information content (AvgIpc) is 3.51. The Balaban J connectivity index is 0.965. The minimum Gasteiger partial charge on any atom is -0.453 e. The van der Waals surface area contributed by atoms with E-state index in [0.29, 0.717) is 17.5 Å². The molecule has 2 atom stereocenters. The second kappa shape index (κ2) is 14.0. The number of hydrogen-bond donors (Lipinski definition) is 0. The normalized spacial score (nSPS) is 19.3. The molecule has 12 rings (SSSR count). The summed E-state index contributed by atoms with van der Waals surface area (Å²) < 4.78 is 6.31. The van der Waals surface area contributed by atoms with Crippen molar-refractivity contribution in [1.82, 2.24) is 15.0 Å². The van der Waals surface area contributed by atoms with Gasteiger partial charge in [0.2, 0.25) is 0 Å². The molecule has 0 spiro atoms. The second-order valence-electron chi connectivity index (χ2n) is 18.8. The first-order valence-electron chi connectivity index (χ1n) is 22.2. The topological polar surface area (TPSA) is 54.4 Å². The van der Waals surface area contributed by atoms with Crippen LogP contribution in [0, 0.1) is 5.92 Å². The zero-order valence-electron chi connectivity index (χ0n) is 36.6. The predicted molar refractivity (Wildman–Crippen MR) is 260 cm³/mol. The molecule has 310 valence electrons. The lowest BCUT2D eigenvalue weighted by molar-refractivity contribution is 0.325. The van der Waals surface area contributed by atoms with Crippen LogP contribution in [-0.2, 0) is 16.2 Å². The van der Waals surface area contributed by atoms with Gasteiger partial charge in [0.1, 0.15) is 0 Å². The van der Waals surface area contributed by atoms with Crippen molar-refractivity contribution in [3.63, 3.8) is 0 Å². The van der Waals surface area contributed by atoms with Gasteiger partial charge in [-0.15, -0.1) is 0 Å². The van der Waals surface area contributed by atoms with Crippen molar-refractivity contribution in [2.45, 2.75) is 50.9 Å². The fourth-order valence-electron chi connectivity index (χ4n) is 11.0. The SMILES string of the molecule is CC1(C)c2ccccc2N(c2ccc(-c3nc(C4=CC5C(C)(C)c6ccccc6C5(C)C=C4)nc(-c4ccc(N5c6ccccc6Oc6ccccc65)cc4)n3)cc2)c2ccccc21. The van der Waals surface area contributed by atoms with E-state index >= 15 is 0 Å². The Labute approximate surface area is 374 Å². The molecule has 1 aromatic heterocycles. The first-order chi connectivity index (χ1) is 31.1. The molecular weight excluding hydrogens is 783 g/mol. The summed E-state index contributed by atoms with van der Waals surface area (Å²) in [5, 5.41) is 0. The van der Waals surface area contributed by atoms with Gasteiger partial charge in [0.05, 0.1) is 22.7 Å². The predicted octanol–water partition coefficient (Wildman–Crippen LogP) is 14.7. The molecular formula is C58H47N5O. The number of allylic oxidation sites excluding steroid dienone is 4. The van der Waals surface area contributed by atoms with E-state index in [1.807, 2.05) is 36.4 Å². The molecule has 2 aliphatic heterocycles. The maximum Gasteiger partial charge on any atom is 0.164 e. The highest BCUT2D eigenvalue weighted by molar-refractivity contribution is 5.88. The van der Waals surface area contributed by atoms with E-state index in [4.69, 9.17) is 19.7 Å². The zero-order valence-corrected chi connectivity index (χ0v) is 36.6. The lowest BCUT2D eigenvalue weighted by atomic mass is 9.66. The third-order valence-electron chi connectivity index (χ3n) is 14.3. The van der Waals surface area contributed by atoms with Crippen LogP contribution in [0.25, 0.3) is 28.3 Å². The van der Waals surface area contributed by atoms with Crippen molar-refractivity contribution >= 4 is 39.7 Å². The molecule has 0 bridgehead atoms. The quantitative estimate of drug-likeness (QED) is 0.172. The number of fused-ring (bicyclic) bond motifs is 7. The number of benzene rings is 7. The van der Waals surface area contributed by atoms with Crippen LogP contribution in [0.5, 0.6) is 11.5 Å². The van der Waals surface area contributed by atoms with Crippen LogP contribution in [0.3, 0.4) is 0 Å². The van der Waals surface area contributed by atoms with Crippen LogP contribution in [-0.4, -0.2) is 15.0 Å². The van der Waals surface area contributed by atoms with Gasteiger partial charge in [-0.05, 0) is 119 Å². The highest BCUT2D eigenvalue weighted by Crippen LogP contribution is 2.58. The summed E-state index contributed by atoms with van der Waals surface area (Å²) in [5.74, 6) is 3.77. The molecule has 0 N–H and O–H groups in total. The maximum atomic E-state index is 6.31. The van der Waals surface area contributed by atoms with Crippen molar-refractivity contribution in [2.75, 3.05) is 9.80 Å². The van der Waals surface area contributed by atoms with Crippen molar-refractivity contribution in [2.24, 2.45) is 5.92 Å².